The first kappa shape index (κ1) is 30.4. The molecule has 0 amide bonds. The van der Waals surface area contributed by atoms with Gasteiger partial charge in [0.2, 0.25) is 0 Å². The molecular weight excluding hydrogens is 636 g/mol. The smallest absolute Gasteiger partial charge is 0.125 e. The van der Waals surface area contributed by atoms with E-state index in [2.05, 4.69) is 179 Å². The number of benzene rings is 7. The van der Waals surface area contributed by atoms with Crippen LogP contribution < -0.4 is 0 Å². The molecule has 0 spiro atoms. The summed E-state index contributed by atoms with van der Waals surface area (Å²) in [6.07, 6.45) is 2.66. The summed E-state index contributed by atoms with van der Waals surface area (Å²) in [5.41, 5.74) is 14.6. The van der Waals surface area contributed by atoms with Crippen molar-refractivity contribution in [2.45, 2.75) is 19.0 Å². The van der Waals surface area contributed by atoms with E-state index in [0.29, 0.717) is 0 Å². The van der Waals surface area contributed by atoms with Crippen molar-refractivity contribution in [3.05, 3.63) is 187 Å². The molecule has 2 unspecified atom stereocenters. The van der Waals surface area contributed by atoms with Crippen LogP contribution in [0.5, 0.6) is 0 Å². The van der Waals surface area contributed by atoms with Crippen molar-refractivity contribution in [1.82, 2.24) is 9.13 Å². The van der Waals surface area contributed by atoms with Crippen molar-refractivity contribution in [2.75, 3.05) is 0 Å². The molecule has 9 aromatic rings. The number of para-hydroxylation sites is 2. The molecule has 1 aliphatic carbocycles. The summed E-state index contributed by atoms with van der Waals surface area (Å²) in [5, 5.41) is 3.51. The molecule has 2 aromatic heterocycles. The summed E-state index contributed by atoms with van der Waals surface area (Å²) in [4.78, 5) is 0. The zero-order chi connectivity index (χ0) is 34.8. The molecule has 0 bridgehead atoms. The molecule has 7 aromatic carbocycles. The predicted octanol–water partition coefficient (Wildman–Crippen LogP) is 13.2. The van der Waals surface area contributed by atoms with Gasteiger partial charge in [-0.2, -0.15) is 0 Å². The molecule has 0 fully saturated rings. The van der Waals surface area contributed by atoms with Crippen LogP contribution in [0.1, 0.15) is 24.1 Å². The summed E-state index contributed by atoms with van der Waals surface area (Å²) < 4.78 is 20.4. The number of alkyl halides is 1. The maximum Gasteiger partial charge on any atom is 0.125 e. The van der Waals surface area contributed by atoms with Crippen molar-refractivity contribution in [3.63, 3.8) is 0 Å². The Bertz CT molecular complexity index is 2810. The van der Waals surface area contributed by atoms with Crippen molar-refractivity contribution >= 4 is 38.8 Å². The molecule has 10 rings (SSSR count). The highest BCUT2D eigenvalue weighted by Crippen LogP contribution is 2.45. The number of rotatable bonds is 5. The minimum atomic E-state index is -1.06. The number of hydrogen-bond acceptors (Lipinski definition) is 0. The van der Waals surface area contributed by atoms with Crippen molar-refractivity contribution in [1.29, 1.82) is 0 Å². The Labute approximate surface area is 302 Å². The van der Waals surface area contributed by atoms with Gasteiger partial charge in [0, 0.05) is 33.3 Å². The zero-order valence-electron chi connectivity index (χ0n) is 28.7. The lowest BCUT2D eigenvalue weighted by atomic mass is 9.88. The Morgan fingerprint density at radius 2 is 1.13 bits per heavy atom. The largest absolute Gasteiger partial charge is 0.309 e. The van der Waals surface area contributed by atoms with Gasteiger partial charge in [0.15, 0.2) is 0 Å². The molecule has 248 valence electrons. The Kier molecular flexibility index (Phi) is 7.07. The number of nitrogens with zero attached hydrogens (tertiary/aromatic N) is 2. The van der Waals surface area contributed by atoms with Crippen LogP contribution in [0, 0.1) is 0 Å². The molecule has 0 radical (unpaired) electrons. The molecule has 0 saturated carbocycles. The number of hydrogen-bond donors (Lipinski definition) is 0. The third kappa shape index (κ3) is 4.70. The molecule has 52 heavy (non-hydrogen) atoms. The third-order valence-electron chi connectivity index (χ3n) is 10.9. The van der Waals surface area contributed by atoms with Crippen LogP contribution in [0.3, 0.4) is 0 Å². The molecule has 3 heteroatoms. The maximum atomic E-state index is 15.7. The van der Waals surface area contributed by atoms with E-state index in [0.717, 1.165) is 61.3 Å². The van der Waals surface area contributed by atoms with E-state index in [4.69, 9.17) is 0 Å². The van der Waals surface area contributed by atoms with Crippen molar-refractivity contribution in [3.8, 4) is 44.8 Å². The monoisotopic (exact) mass is 670 g/mol. The Balaban J connectivity index is 1.23. The van der Waals surface area contributed by atoms with Gasteiger partial charge < -0.3 is 9.13 Å². The van der Waals surface area contributed by atoms with Gasteiger partial charge in [0.05, 0.1) is 27.9 Å². The van der Waals surface area contributed by atoms with E-state index in [-0.39, 0.29) is 5.92 Å². The van der Waals surface area contributed by atoms with E-state index in [1.807, 2.05) is 13.0 Å². The maximum absolute atomic E-state index is 15.7. The highest BCUT2D eigenvalue weighted by molar-refractivity contribution is 6.16. The summed E-state index contributed by atoms with van der Waals surface area (Å²) in [5.74, 6) is -0.293. The molecular formula is C49H35FN2. The highest BCUT2D eigenvalue weighted by Gasteiger charge is 2.30. The van der Waals surface area contributed by atoms with Gasteiger partial charge in [0.1, 0.15) is 6.17 Å². The first-order chi connectivity index (χ1) is 25.7. The van der Waals surface area contributed by atoms with Gasteiger partial charge >= 0.3 is 0 Å². The fourth-order valence-corrected chi connectivity index (χ4v) is 8.42. The van der Waals surface area contributed by atoms with Gasteiger partial charge in [-0.05, 0) is 94.1 Å². The Morgan fingerprint density at radius 1 is 0.481 bits per heavy atom. The minimum Gasteiger partial charge on any atom is -0.309 e. The standard InChI is InChI=1S/C49H35FN2/c1-32-42(50)26-29-47-48(32)41-31-36(38-21-13-23-46-49(38)39-20-11-12-22-43(39)51(46)37-18-9-4-10-19-37)25-28-45(41)52(47)44-27-24-35(33-14-5-2-6-15-33)30-40(44)34-16-7-3-8-17-34/h2-32,42H,1H3. The van der Waals surface area contributed by atoms with Crippen LogP contribution in [-0.2, 0) is 0 Å². The summed E-state index contributed by atoms with van der Waals surface area (Å²) in [6, 6.07) is 60.5. The first-order valence-corrected chi connectivity index (χ1v) is 18.0. The van der Waals surface area contributed by atoms with E-state index in [1.165, 1.54) is 27.4 Å². The fraction of sp³-hybridized carbons (Fsp3) is 0.0612. The van der Waals surface area contributed by atoms with E-state index < -0.39 is 6.17 Å². The summed E-state index contributed by atoms with van der Waals surface area (Å²) in [7, 11) is 0. The quantitative estimate of drug-likeness (QED) is 0.172. The lowest BCUT2D eigenvalue weighted by Gasteiger charge is -2.21. The van der Waals surface area contributed by atoms with Crippen molar-refractivity contribution in [2.24, 2.45) is 0 Å². The van der Waals surface area contributed by atoms with E-state index >= 15 is 4.39 Å². The summed E-state index contributed by atoms with van der Waals surface area (Å²) in [6.45, 7) is 2.02. The van der Waals surface area contributed by atoms with Gasteiger partial charge in [0.25, 0.3) is 0 Å². The van der Waals surface area contributed by atoms with Gasteiger partial charge in [-0.3, -0.25) is 0 Å². The zero-order valence-corrected chi connectivity index (χ0v) is 28.7. The average Bonchev–Trinajstić information content (AvgIpc) is 3.73. The normalized spacial score (nSPS) is 15.4. The van der Waals surface area contributed by atoms with Crippen LogP contribution in [0.4, 0.5) is 4.39 Å². The lowest BCUT2D eigenvalue weighted by Crippen LogP contribution is -2.13. The predicted molar refractivity (Wildman–Crippen MR) is 216 cm³/mol. The Hall–Kier alpha value is -6.45. The first-order valence-electron chi connectivity index (χ1n) is 18.0. The van der Waals surface area contributed by atoms with E-state index in [1.54, 1.807) is 6.08 Å². The van der Waals surface area contributed by atoms with Crippen LogP contribution in [0.15, 0.2) is 176 Å². The second kappa shape index (κ2) is 12.1. The summed E-state index contributed by atoms with van der Waals surface area (Å²) >= 11 is 0. The lowest BCUT2D eigenvalue weighted by molar-refractivity contribution is 0.352. The van der Waals surface area contributed by atoms with Crippen LogP contribution >= 0.6 is 0 Å². The Morgan fingerprint density at radius 3 is 1.92 bits per heavy atom. The number of allylic oxidation sites excluding steroid dienone is 1. The topological polar surface area (TPSA) is 9.86 Å². The van der Waals surface area contributed by atoms with Gasteiger partial charge in [-0.1, -0.05) is 128 Å². The van der Waals surface area contributed by atoms with E-state index in [9.17, 15) is 0 Å². The number of fused-ring (bicyclic) bond motifs is 6. The third-order valence-corrected chi connectivity index (χ3v) is 10.9. The highest BCUT2D eigenvalue weighted by atomic mass is 19.1. The molecule has 1 aliphatic rings. The fourth-order valence-electron chi connectivity index (χ4n) is 8.42. The average molecular weight is 671 g/mol. The molecule has 2 nitrogen and oxygen atoms in total. The van der Waals surface area contributed by atoms with Crippen molar-refractivity contribution < 1.29 is 4.39 Å². The number of aromatic nitrogens is 2. The minimum absolute atomic E-state index is 0.293. The van der Waals surface area contributed by atoms with Gasteiger partial charge in [-0.25, -0.2) is 4.39 Å². The molecule has 0 N–H and O–H groups in total. The van der Waals surface area contributed by atoms with Gasteiger partial charge in [-0.15, -0.1) is 0 Å². The molecule has 2 heterocycles. The second-order valence-electron chi connectivity index (χ2n) is 13.8. The van der Waals surface area contributed by atoms with Crippen LogP contribution in [0.2, 0.25) is 0 Å². The molecule has 2 atom stereocenters. The van der Waals surface area contributed by atoms with Crippen LogP contribution in [-0.4, -0.2) is 15.3 Å². The second-order valence-corrected chi connectivity index (χ2v) is 13.8. The van der Waals surface area contributed by atoms with Crippen LogP contribution in [0.25, 0.3) is 83.5 Å². The SMILES string of the molecule is CC1c2c(n(-c3ccc(-c4ccccc4)cc3-c3ccccc3)c3ccc(-c4cccc5c4c4ccccc4n5-c4ccccc4)cc23)C=CC1F. The number of halogens is 1. The molecule has 0 aliphatic heterocycles. The molecule has 0 saturated heterocycles.